The quantitative estimate of drug-likeness (QED) is 0.678. The van der Waals surface area contributed by atoms with E-state index >= 15 is 0 Å². The largest absolute Gasteiger partial charge is 0.439 e. The highest BCUT2D eigenvalue weighted by molar-refractivity contribution is 5.95. The van der Waals surface area contributed by atoms with Crippen molar-refractivity contribution in [3.8, 4) is 11.6 Å². The number of hydrogen-bond donors (Lipinski definition) is 0. The minimum atomic E-state index is -0.207. The van der Waals surface area contributed by atoms with E-state index in [0.29, 0.717) is 49.1 Å². The zero-order valence-corrected chi connectivity index (χ0v) is 15.9. The summed E-state index contributed by atoms with van der Waals surface area (Å²) >= 11 is 0. The van der Waals surface area contributed by atoms with Crippen molar-refractivity contribution >= 4 is 11.8 Å². The Hall–Kier alpha value is -3.68. The summed E-state index contributed by atoms with van der Waals surface area (Å²) in [5.41, 5.74) is 1.14. The van der Waals surface area contributed by atoms with Crippen molar-refractivity contribution in [3.05, 3.63) is 71.7 Å². The molecule has 0 unspecified atom stereocenters. The highest BCUT2D eigenvalue weighted by atomic mass is 16.5. The van der Waals surface area contributed by atoms with Crippen LogP contribution in [0.3, 0.4) is 0 Å². The van der Waals surface area contributed by atoms with E-state index in [4.69, 9.17) is 9.26 Å². The summed E-state index contributed by atoms with van der Waals surface area (Å²) in [4.78, 5) is 32.7. The fraction of sp³-hybridized carbons (Fsp3) is 0.238. The Kier molecular flexibility index (Phi) is 5.24. The van der Waals surface area contributed by atoms with Crippen molar-refractivity contribution in [2.24, 2.45) is 0 Å². The van der Waals surface area contributed by atoms with E-state index in [0.717, 1.165) is 0 Å². The number of hydrogen-bond acceptors (Lipinski definition) is 6. The van der Waals surface area contributed by atoms with Crippen LogP contribution in [-0.2, 0) is 0 Å². The number of ether oxygens (including phenoxy) is 1. The second-order valence-electron chi connectivity index (χ2n) is 6.72. The molecule has 3 aromatic rings. The molecule has 2 amide bonds. The molecule has 0 saturated carbocycles. The Morgan fingerprint density at radius 1 is 0.966 bits per heavy atom. The molecule has 3 heterocycles. The van der Waals surface area contributed by atoms with Crippen LogP contribution in [0, 0.1) is 6.92 Å². The lowest BCUT2D eigenvalue weighted by molar-refractivity contribution is 0.0512. The van der Waals surface area contributed by atoms with Crippen molar-refractivity contribution < 1.29 is 18.8 Å². The van der Waals surface area contributed by atoms with Crippen LogP contribution in [0.1, 0.15) is 26.6 Å². The summed E-state index contributed by atoms with van der Waals surface area (Å²) in [5.74, 6) is 1.00. The van der Waals surface area contributed by atoms with Crippen molar-refractivity contribution in [1.82, 2.24) is 19.9 Å². The molecule has 1 aromatic carbocycles. The first kappa shape index (κ1) is 18.7. The molecule has 1 saturated heterocycles. The number of pyridine rings is 1. The molecule has 4 rings (SSSR count). The lowest BCUT2D eigenvalue weighted by atomic mass is 10.2. The molecule has 8 heteroatoms. The molecule has 1 fully saturated rings. The van der Waals surface area contributed by atoms with Gasteiger partial charge in [0.2, 0.25) is 11.6 Å². The predicted molar refractivity (Wildman–Crippen MR) is 104 cm³/mol. The molecule has 0 aliphatic carbocycles. The summed E-state index contributed by atoms with van der Waals surface area (Å²) < 4.78 is 10.7. The number of rotatable bonds is 4. The zero-order chi connectivity index (χ0) is 20.2. The van der Waals surface area contributed by atoms with Gasteiger partial charge in [0, 0.05) is 44.5 Å². The number of piperazine rings is 1. The third kappa shape index (κ3) is 4.26. The van der Waals surface area contributed by atoms with Crippen LogP contribution in [-0.4, -0.2) is 57.9 Å². The topological polar surface area (TPSA) is 88.8 Å². The van der Waals surface area contributed by atoms with Gasteiger partial charge in [-0.05, 0) is 25.1 Å². The molecule has 0 spiro atoms. The van der Waals surface area contributed by atoms with Gasteiger partial charge in [-0.3, -0.25) is 9.59 Å². The second kappa shape index (κ2) is 8.14. The van der Waals surface area contributed by atoms with E-state index < -0.39 is 0 Å². The summed E-state index contributed by atoms with van der Waals surface area (Å²) in [6, 6.07) is 14.3. The number of aromatic nitrogens is 2. The Labute approximate surface area is 167 Å². The van der Waals surface area contributed by atoms with E-state index in [1.165, 1.54) is 6.20 Å². The number of nitrogens with zero attached hydrogens (tertiary/aromatic N) is 4. The smallest absolute Gasteiger partial charge is 0.292 e. The first-order valence-corrected chi connectivity index (χ1v) is 9.31. The minimum Gasteiger partial charge on any atom is -0.439 e. The summed E-state index contributed by atoms with van der Waals surface area (Å²) in [5, 5.41) is 3.74. The number of carbonyl (C=O) groups excluding carboxylic acids is 2. The SMILES string of the molecule is Cc1cc(C(=O)N2CCN(C(=O)c3ccc(Oc4ccccc4)nc3)CC2)on1. The van der Waals surface area contributed by atoms with E-state index in [1.54, 1.807) is 34.9 Å². The average molecular weight is 392 g/mol. The molecule has 2 aromatic heterocycles. The van der Waals surface area contributed by atoms with Gasteiger partial charge >= 0.3 is 0 Å². The molecular formula is C21H20N4O4. The third-order valence-corrected chi connectivity index (χ3v) is 4.64. The normalized spacial score (nSPS) is 14.0. The Bertz CT molecular complexity index is 993. The standard InChI is InChI=1S/C21H20N4O4/c1-15-13-18(29-23-15)21(27)25-11-9-24(10-12-25)20(26)16-7-8-19(22-14-16)28-17-5-3-2-4-6-17/h2-8,13-14H,9-12H2,1H3. The molecule has 29 heavy (non-hydrogen) atoms. The van der Waals surface area contributed by atoms with Gasteiger partial charge in [0.15, 0.2) is 0 Å². The van der Waals surface area contributed by atoms with Crippen LogP contribution >= 0.6 is 0 Å². The van der Waals surface area contributed by atoms with Gasteiger partial charge in [-0.25, -0.2) is 4.98 Å². The highest BCUT2D eigenvalue weighted by Gasteiger charge is 2.27. The molecule has 0 radical (unpaired) electrons. The first-order chi connectivity index (χ1) is 14.1. The van der Waals surface area contributed by atoms with Crippen LogP contribution in [0.2, 0.25) is 0 Å². The van der Waals surface area contributed by atoms with Gasteiger partial charge < -0.3 is 19.1 Å². The molecule has 1 aliphatic rings. The molecule has 0 atom stereocenters. The maximum Gasteiger partial charge on any atom is 0.292 e. The zero-order valence-electron chi connectivity index (χ0n) is 15.9. The molecule has 148 valence electrons. The van der Waals surface area contributed by atoms with Crippen molar-refractivity contribution in [3.63, 3.8) is 0 Å². The van der Waals surface area contributed by atoms with Crippen LogP contribution in [0.4, 0.5) is 0 Å². The van der Waals surface area contributed by atoms with Gasteiger partial charge in [-0.2, -0.15) is 0 Å². The lowest BCUT2D eigenvalue weighted by Gasteiger charge is -2.34. The van der Waals surface area contributed by atoms with Crippen molar-refractivity contribution in [2.75, 3.05) is 26.2 Å². The number of aryl methyl sites for hydroxylation is 1. The maximum atomic E-state index is 12.7. The second-order valence-corrected chi connectivity index (χ2v) is 6.72. The summed E-state index contributed by atoms with van der Waals surface area (Å²) in [6.07, 6.45) is 1.51. The predicted octanol–water partition coefficient (Wildman–Crippen LogP) is 2.77. The Balaban J connectivity index is 1.34. The fourth-order valence-electron chi connectivity index (χ4n) is 3.09. The van der Waals surface area contributed by atoms with Gasteiger partial charge in [0.1, 0.15) is 5.75 Å². The lowest BCUT2D eigenvalue weighted by Crippen LogP contribution is -2.50. The Morgan fingerprint density at radius 2 is 1.66 bits per heavy atom. The molecule has 0 N–H and O–H groups in total. The summed E-state index contributed by atoms with van der Waals surface area (Å²) in [7, 11) is 0. The number of benzene rings is 1. The number of carbonyl (C=O) groups is 2. The first-order valence-electron chi connectivity index (χ1n) is 9.31. The van der Waals surface area contributed by atoms with Gasteiger partial charge in [-0.15, -0.1) is 0 Å². The minimum absolute atomic E-state index is 0.119. The van der Waals surface area contributed by atoms with Crippen LogP contribution in [0.15, 0.2) is 59.3 Å². The van der Waals surface area contributed by atoms with Gasteiger partial charge in [-0.1, -0.05) is 23.4 Å². The van der Waals surface area contributed by atoms with Crippen molar-refractivity contribution in [1.29, 1.82) is 0 Å². The van der Waals surface area contributed by atoms with Gasteiger partial charge in [0.05, 0.1) is 11.3 Å². The molecular weight excluding hydrogens is 372 g/mol. The monoisotopic (exact) mass is 392 g/mol. The van der Waals surface area contributed by atoms with Crippen LogP contribution in [0.5, 0.6) is 11.6 Å². The molecule has 8 nitrogen and oxygen atoms in total. The van der Waals surface area contributed by atoms with Crippen molar-refractivity contribution in [2.45, 2.75) is 6.92 Å². The average Bonchev–Trinajstić information content (AvgIpc) is 3.20. The van der Waals surface area contributed by atoms with Crippen LogP contribution < -0.4 is 4.74 Å². The van der Waals surface area contributed by atoms with E-state index in [1.807, 2.05) is 30.3 Å². The third-order valence-electron chi connectivity index (χ3n) is 4.64. The Morgan fingerprint density at radius 3 is 2.24 bits per heavy atom. The van der Waals surface area contributed by atoms with E-state index in [2.05, 4.69) is 10.1 Å². The van der Waals surface area contributed by atoms with E-state index in [-0.39, 0.29) is 17.6 Å². The maximum absolute atomic E-state index is 12.7. The van der Waals surface area contributed by atoms with E-state index in [9.17, 15) is 9.59 Å². The number of amides is 2. The van der Waals surface area contributed by atoms with Gasteiger partial charge in [0.25, 0.3) is 11.8 Å². The highest BCUT2D eigenvalue weighted by Crippen LogP contribution is 2.19. The number of para-hydroxylation sites is 1. The summed E-state index contributed by atoms with van der Waals surface area (Å²) in [6.45, 7) is 3.53. The van der Waals surface area contributed by atoms with Crippen LogP contribution in [0.25, 0.3) is 0 Å². The fourth-order valence-corrected chi connectivity index (χ4v) is 3.09. The molecule has 1 aliphatic heterocycles. The molecule has 0 bridgehead atoms.